The van der Waals surface area contributed by atoms with Crippen LogP contribution in [0.15, 0.2) is 54.6 Å². The number of halogens is 1. The Morgan fingerprint density at radius 1 is 1.00 bits per heavy atom. The van der Waals surface area contributed by atoms with Crippen LogP contribution in [-0.2, 0) is 6.61 Å². The second-order valence-corrected chi connectivity index (χ2v) is 7.48. The first-order valence-electron chi connectivity index (χ1n) is 9.52. The van der Waals surface area contributed by atoms with Gasteiger partial charge >= 0.3 is 0 Å². The van der Waals surface area contributed by atoms with Crippen LogP contribution in [0.2, 0.25) is 0 Å². The maximum atomic E-state index is 13.1. The van der Waals surface area contributed by atoms with Gasteiger partial charge in [-0.05, 0) is 49.4 Å². The van der Waals surface area contributed by atoms with Crippen LogP contribution in [0, 0.1) is 5.41 Å². The van der Waals surface area contributed by atoms with E-state index in [0.717, 1.165) is 55.9 Å². The molecule has 2 aromatic rings. The van der Waals surface area contributed by atoms with Crippen LogP contribution in [0.4, 0.5) is 0 Å². The molecule has 2 heterocycles. The monoisotopic (exact) mass is 386 g/mol. The van der Waals surface area contributed by atoms with E-state index in [4.69, 9.17) is 4.74 Å². The van der Waals surface area contributed by atoms with E-state index < -0.39 is 0 Å². The van der Waals surface area contributed by atoms with Gasteiger partial charge in [0.2, 0.25) is 0 Å². The van der Waals surface area contributed by atoms with Crippen molar-refractivity contribution in [2.75, 3.05) is 26.2 Å². The van der Waals surface area contributed by atoms with Crippen molar-refractivity contribution in [1.29, 1.82) is 0 Å². The van der Waals surface area contributed by atoms with Crippen molar-refractivity contribution in [3.63, 3.8) is 0 Å². The average Bonchev–Trinajstić information content (AvgIpc) is 3.15. The van der Waals surface area contributed by atoms with Crippen LogP contribution in [-0.4, -0.2) is 37.0 Å². The second-order valence-electron chi connectivity index (χ2n) is 7.48. The quantitative estimate of drug-likeness (QED) is 0.866. The van der Waals surface area contributed by atoms with E-state index in [1.54, 1.807) is 0 Å². The summed E-state index contributed by atoms with van der Waals surface area (Å²) in [6, 6.07) is 17.6. The Morgan fingerprint density at radius 2 is 1.70 bits per heavy atom. The summed E-state index contributed by atoms with van der Waals surface area (Å²) in [6.07, 6.45) is 3.46. The van der Waals surface area contributed by atoms with Gasteiger partial charge in [-0.3, -0.25) is 4.79 Å². The van der Waals surface area contributed by atoms with Gasteiger partial charge in [-0.25, -0.2) is 0 Å². The van der Waals surface area contributed by atoms with Crippen molar-refractivity contribution in [2.45, 2.75) is 25.9 Å². The van der Waals surface area contributed by atoms with E-state index in [0.29, 0.717) is 12.0 Å². The first-order valence-corrected chi connectivity index (χ1v) is 9.52. The number of nitrogens with one attached hydrogen (secondary N) is 1. The summed E-state index contributed by atoms with van der Waals surface area (Å²) in [5, 5.41) is 3.48. The highest BCUT2D eigenvalue weighted by Gasteiger charge is 2.38. The van der Waals surface area contributed by atoms with Crippen LogP contribution < -0.4 is 10.1 Å². The third-order valence-corrected chi connectivity index (χ3v) is 5.83. The fourth-order valence-corrected chi connectivity index (χ4v) is 4.11. The van der Waals surface area contributed by atoms with Crippen molar-refractivity contribution >= 4 is 18.3 Å². The summed E-state index contributed by atoms with van der Waals surface area (Å²) in [7, 11) is 0. The highest BCUT2D eigenvalue weighted by molar-refractivity contribution is 5.95. The molecule has 2 aliphatic heterocycles. The molecule has 2 saturated heterocycles. The molecule has 2 fully saturated rings. The molecule has 0 unspecified atom stereocenters. The number of likely N-dealkylation sites (tertiary alicyclic amines) is 1. The van der Waals surface area contributed by atoms with Gasteiger partial charge in [-0.2, -0.15) is 0 Å². The number of rotatable bonds is 4. The molecule has 0 saturated carbocycles. The molecule has 0 aliphatic carbocycles. The zero-order valence-corrected chi connectivity index (χ0v) is 16.3. The predicted octanol–water partition coefficient (Wildman–Crippen LogP) is 3.90. The Kier molecular flexibility index (Phi) is 6.40. The SMILES string of the molecule is Cl.O=C(c1ccccc1COc1ccccc1)N1CCC2(CCNC2)CC1. The molecule has 1 N–H and O–H groups in total. The minimum Gasteiger partial charge on any atom is -0.489 e. The molecule has 144 valence electrons. The minimum atomic E-state index is 0. The van der Waals surface area contributed by atoms with Gasteiger partial charge in [0.1, 0.15) is 12.4 Å². The van der Waals surface area contributed by atoms with E-state index in [-0.39, 0.29) is 18.3 Å². The average molecular weight is 387 g/mol. The zero-order valence-electron chi connectivity index (χ0n) is 15.5. The van der Waals surface area contributed by atoms with Crippen molar-refractivity contribution in [2.24, 2.45) is 5.41 Å². The molecule has 1 spiro atoms. The summed E-state index contributed by atoms with van der Waals surface area (Å²) in [5.74, 6) is 0.960. The van der Waals surface area contributed by atoms with Crippen LogP contribution >= 0.6 is 12.4 Å². The van der Waals surface area contributed by atoms with Gasteiger partial charge in [-0.15, -0.1) is 12.4 Å². The third-order valence-electron chi connectivity index (χ3n) is 5.83. The summed E-state index contributed by atoms with van der Waals surface area (Å²) >= 11 is 0. The van der Waals surface area contributed by atoms with E-state index in [9.17, 15) is 4.79 Å². The van der Waals surface area contributed by atoms with Crippen LogP contribution in [0.1, 0.15) is 35.2 Å². The number of carbonyl (C=O) groups excluding carboxylic acids is 1. The standard InChI is InChI=1S/C22H26N2O2.ClH/c25-21(24-14-11-22(12-15-24)10-13-23-17-22)20-9-5-4-6-18(20)16-26-19-7-2-1-3-8-19;/h1-9,23H,10-17H2;1H. The van der Waals surface area contributed by atoms with E-state index in [1.807, 2.05) is 59.5 Å². The van der Waals surface area contributed by atoms with Gasteiger partial charge in [-0.1, -0.05) is 36.4 Å². The van der Waals surface area contributed by atoms with Crippen LogP contribution in [0.3, 0.4) is 0 Å². The Labute approximate surface area is 167 Å². The number of carbonyl (C=O) groups is 1. The molecule has 2 aliphatic rings. The van der Waals surface area contributed by atoms with Gasteiger partial charge in [0.15, 0.2) is 0 Å². The number of para-hydroxylation sites is 1. The van der Waals surface area contributed by atoms with Crippen molar-refractivity contribution in [3.8, 4) is 5.75 Å². The number of piperidine rings is 1. The summed E-state index contributed by atoms with van der Waals surface area (Å²) in [6.45, 7) is 4.35. The maximum Gasteiger partial charge on any atom is 0.254 e. The van der Waals surface area contributed by atoms with Crippen molar-refractivity contribution in [3.05, 3.63) is 65.7 Å². The lowest BCUT2D eigenvalue weighted by Gasteiger charge is -2.39. The largest absolute Gasteiger partial charge is 0.489 e. The molecular formula is C22H27ClN2O2. The molecule has 4 nitrogen and oxygen atoms in total. The number of benzene rings is 2. The van der Waals surface area contributed by atoms with Crippen LogP contribution in [0.5, 0.6) is 5.75 Å². The zero-order chi connectivity index (χ0) is 17.8. The number of amides is 1. The fourth-order valence-electron chi connectivity index (χ4n) is 4.11. The first kappa shape index (κ1) is 19.7. The van der Waals surface area contributed by atoms with Crippen molar-refractivity contribution in [1.82, 2.24) is 10.2 Å². The molecule has 0 radical (unpaired) electrons. The van der Waals surface area contributed by atoms with Crippen LogP contribution in [0.25, 0.3) is 0 Å². The Balaban J connectivity index is 0.00000210. The highest BCUT2D eigenvalue weighted by atomic mass is 35.5. The molecule has 27 heavy (non-hydrogen) atoms. The van der Waals surface area contributed by atoms with E-state index in [1.165, 1.54) is 6.42 Å². The smallest absolute Gasteiger partial charge is 0.254 e. The summed E-state index contributed by atoms with van der Waals surface area (Å²) in [5.41, 5.74) is 2.14. The van der Waals surface area contributed by atoms with Gasteiger partial charge in [0.25, 0.3) is 5.91 Å². The van der Waals surface area contributed by atoms with Crippen molar-refractivity contribution < 1.29 is 9.53 Å². The van der Waals surface area contributed by atoms with Gasteiger partial charge < -0.3 is 15.0 Å². The maximum absolute atomic E-state index is 13.1. The Hall–Kier alpha value is -2.04. The highest BCUT2D eigenvalue weighted by Crippen LogP contribution is 2.37. The number of nitrogens with zero attached hydrogens (tertiary/aromatic N) is 1. The topological polar surface area (TPSA) is 41.6 Å². The summed E-state index contributed by atoms with van der Waals surface area (Å²) < 4.78 is 5.87. The fraction of sp³-hybridized carbons (Fsp3) is 0.409. The molecular weight excluding hydrogens is 360 g/mol. The first-order chi connectivity index (χ1) is 12.8. The second kappa shape index (κ2) is 8.77. The normalized spacial score (nSPS) is 18.1. The number of hydrogen-bond acceptors (Lipinski definition) is 3. The third kappa shape index (κ3) is 4.45. The Morgan fingerprint density at radius 3 is 2.41 bits per heavy atom. The molecule has 4 rings (SSSR count). The van der Waals surface area contributed by atoms with E-state index in [2.05, 4.69) is 5.32 Å². The number of ether oxygens (including phenoxy) is 1. The molecule has 2 aromatic carbocycles. The molecule has 0 bridgehead atoms. The molecule has 0 aromatic heterocycles. The minimum absolute atomic E-state index is 0. The lowest BCUT2D eigenvalue weighted by molar-refractivity contribution is 0.0605. The molecule has 1 amide bonds. The Bertz CT molecular complexity index is 750. The number of hydrogen-bond donors (Lipinski definition) is 1. The molecule has 0 atom stereocenters. The predicted molar refractivity (Wildman–Crippen MR) is 110 cm³/mol. The van der Waals surface area contributed by atoms with E-state index >= 15 is 0 Å². The lowest BCUT2D eigenvalue weighted by Crippen LogP contribution is -2.44. The lowest BCUT2D eigenvalue weighted by atomic mass is 9.77. The van der Waals surface area contributed by atoms with Gasteiger partial charge in [0.05, 0.1) is 0 Å². The molecule has 5 heteroatoms. The van der Waals surface area contributed by atoms with Gasteiger partial charge in [0, 0.05) is 30.8 Å². The summed E-state index contributed by atoms with van der Waals surface area (Å²) in [4.78, 5) is 15.1.